The molecule has 106 valence electrons. The predicted molar refractivity (Wildman–Crippen MR) is 73.6 cm³/mol. The first-order chi connectivity index (χ1) is 8.87. The van der Waals surface area contributed by atoms with Crippen molar-refractivity contribution in [3.63, 3.8) is 0 Å². The number of nitrogens with zero attached hydrogens (tertiary/aromatic N) is 2. The maximum atomic E-state index is 10.7. The van der Waals surface area contributed by atoms with Crippen LogP contribution in [0.15, 0.2) is 11.4 Å². The van der Waals surface area contributed by atoms with Crippen molar-refractivity contribution in [2.45, 2.75) is 50.4 Å². The largest absolute Gasteiger partial charge is 0.481 e. The minimum Gasteiger partial charge on any atom is -0.481 e. The molecule has 2 heterocycles. The summed E-state index contributed by atoms with van der Waals surface area (Å²) in [6.45, 7) is 6.85. The van der Waals surface area contributed by atoms with E-state index < -0.39 is 5.97 Å². The molecule has 2 rings (SSSR count). The van der Waals surface area contributed by atoms with Crippen LogP contribution in [0.2, 0.25) is 0 Å². The molecule has 0 spiro atoms. The van der Waals surface area contributed by atoms with E-state index in [-0.39, 0.29) is 11.4 Å². The van der Waals surface area contributed by atoms with Crippen LogP contribution in [0.25, 0.3) is 0 Å². The molecule has 1 unspecified atom stereocenters. The second-order valence-corrected chi connectivity index (χ2v) is 6.45. The molecule has 0 radical (unpaired) electrons. The van der Waals surface area contributed by atoms with Crippen LogP contribution in [0.4, 0.5) is 0 Å². The van der Waals surface area contributed by atoms with Gasteiger partial charge in [-0.25, -0.2) is 4.98 Å². The van der Waals surface area contributed by atoms with Gasteiger partial charge < -0.3 is 14.4 Å². The minimum atomic E-state index is -0.815. The van der Waals surface area contributed by atoms with Crippen LogP contribution >= 0.6 is 11.8 Å². The zero-order valence-corrected chi connectivity index (χ0v) is 12.4. The summed E-state index contributed by atoms with van der Waals surface area (Å²) in [5.41, 5.74) is 0.799. The molecule has 1 aromatic heterocycles. The lowest BCUT2D eigenvalue weighted by Gasteiger charge is -2.36. The van der Waals surface area contributed by atoms with E-state index in [1.165, 1.54) is 11.8 Å². The number of imidazole rings is 1. The first kappa shape index (κ1) is 14.4. The average Bonchev–Trinajstić information content (AvgIpc) is 2.66. The van der Waals surface area contributed by atoms with Gasteiger partial charge >= 0.3 is 5.97 Å². The third-order valence-electron chi connectivity index (χ3n) is 3.21. The second-order valence-electron chi connectivity index (χ2n) is 5.51. The van der Waals surface area contributed by atoms with E-state index in [1.807, 2.05) is 13.1 Å². The molecule has 19 heavy (non-hydrogen) atoms. The van der Waals surface area contributed by atoms with E-state index in [1.54, 1.807) is 0 Å². The van der Waals surface area contributed by atoms with Crippen LogP contribution in [-0.2, 0) is 9.53 Å². The van der Waals surface area contributed by atoms with Gasteiger partial charge in [0.1, 0.15) is 0 Å². The van der Waals surface area contributed by atoms with Crippen molar-refractivity contribution in [3.8, 4) is 0 Å². The predicted octanol–water partition coefficient (Wildman–Crippen LogP) is 2.50. The van der Waals surface area contributed by atoms with Gasteiger partial charge in [0.15, 0.2) is 5.16 Å². The van der Waals surface area contributed by atoms with Crippen molar-refractivity contribution in [3.05, 3.63) is 11.9 Å². The fourth-order valence-electron chi connectivity index (χ4n) is 2.43. The topological polar surface area (TPSA) is 64.3 Å². The van der Waals surface area contributed by atoms with E-state index in [4.69, 9.17) is 9.84 Å². The molecule has 1 N–H and O–H groups in total. The maximum absolute atomic E-state index is 10.7. The lowest BCUT2D eigenvalue weighted by molar-refractivity contribution is -0.133. The van der Waals surface area contributed by atoms with Gasteiger partial charge in [0, 0.05) is 18.8 Å². The number of carboxylic acids is 1. The number of aliphatic carboxylic acids is 1. The molecule has 1 atom stereocenters. The highest BCUT2D eigenvalue weighted by Gasteiger charge is 2.31. The SMILES string of the molecule is Cc1cn(C2CCOC(C)(C)C2)c(SCC(=O)O)n1. The Morgan fingerprint density at radius 2 is 2.42 bits per heavy atom. The molecule has 1 aliphatic heterocycles. The van der Waals surface area contributed by atoms with E-state index in [0.717, 1.165) is 30.3 Å². The van der Waals surface area contributed by atoms with Crippen LogP contribution in [0.3, 0.4) is 0 Å². The Balaban J connectivity index is 2.16. The molecule has 1 saturated heterocycles. The molecular formula is C13H20N2O3S. The highest BCUT2D eigenvalue weighted by atomic mass is 32.2. The van der Waals surface area contributed by atoms with Gasteiger partial charge in [0.2, 0.25) is 0 Å². The minimum absolute atomic E-state index is 0.0447. The molecule has 6 heteroatoms. The summed E-state index contributed by atoms with van der Waals surface area (Å²) in [7, 11) is 0. The number of hydrogen-bond acceptors (Lipinski definition) is 4. The normalized spacial score (nSPS) is 22.4. The van der Waals surface area contributed by atoms with Crippen molar-refractivity contribution in [2.24, 2.45) is 0 Å². The van der Waals surface area contributed by atoms with Gasteiger partial charge in [-0.15, -0.1) is 0 Å². The van der Waals surface area contributed by atoms with Crippen molar-refractivity contribution < 1.29 is 14.6 Å². The molecule has 0 aromatic carbocycles. The maximum Gasteiger partial charge on any atom is 0.313 e. The summed E-state index contributed by atoms with van der Waals surface area (Å²) >= 11 is 1.28. The summed E-state index contributed by atoms with van der Waals surface area (Å²) in [6, 6.07) is 0.334. The number of rotatable bonds is 4. The molecule has 1 aliphatic rings. The fraction of sp³-hybridized carbons (Fsp3) is 0.692. The van der Waals surface area contributed by atoms with E-state index in [2.05, 4.69) is 23.4 Å². The highest BCUT2D eigenvalue weighted by molar-refractivity contribution is 7.99. The molecule has 5 nitrogen and oxygen atoms in total. The number of carbonyl (C=O) groups is 1. The summed E-state index contributed by atoms with van der Waals surface area (Å²) in [5.74, 6) is -0.771. The molecule has 0 aliphatic carbocycles. The number of aryl methyl sites for hydroxylation is 1. The van der Waals surface area contributed by atoms with Crippen LogP contribution in [0, 0.1) is 6.92 Å². The van der Waals surface area contributed by atoms with E-state index >= 15 is 0 Å². The molecule has 1 aromatic rings. The summed E-state index contributed by atoms with van der Waals surface area (Å²) < 4.78 is 7.85. The van der Waals surface area contributed by atoms with Gasteiger partial charge in [-0.05, 0) is 33.6 Å². The van der Waals surface area contributed by atoms with Crippen LogP contribution in [0.5, 0.6) is 0 Å². The summed E-state index contributed by atoms with van der Waals surface area (Å²) in [5, 5.41) is 9.58. The Bertz CT molecular complexity index is 470. The van der Waals surface area contributed by atoms with Gasteiger partial charge in [-0.3, -0.25) is 4.79 Å². The standard InChI is InChI=1S/C13H20N2O3S/c1-9-7-15(12(14-9)19-8-11(16)17)10-4-5-18-13(2,3)6-10/h7,10H,4-6,8H2,1-3H3,(H,16,17). The van der Waals surface area contributed by atoms with E-state index in [9.17, 15) is 4.79 Å². The second kappa shape index (κ2) is 5.54. The zero-order chi connectivity index (χ0) is 14.0. The highest BCUT2D eigenvalue weighted by Crippen LogP contribution is 2.34. The van der Waals surface area contributed by atoms with Gasteiger partial charge in [0.25, 0.3) is 0 Å². The Labute approximate surface area is 117 Å². The van der Waals surface area contributed by atoms with Crippen molar-refractivity contribution in [2.75, 3.05) is 12.4 Å². The number of thioether (sulfide) groups is 1. The first-order valence-electron chi connectivity index (χ1n) is 6.41. The molecule has 0 bridgehead atoms. The molecule has 0 amide bonds. The first-order valence-corrected chi connectivity index (χ1v) is 7.40. The van der Waals surface area contributed by atoms with Gasteiger partial charge in [-0.1, -0.05) is 11.8 Å². The number of hydrogen-bond donors (Lipinski definition) is 1. The van der Waals surface area contributed by atoms with E-state index in [0.29, 0.717) is 6.04 Å². The number of aromatic nitrogens is 2. The fourth-order valence-corrected chi connectivity index (χ4v) is 3.24. The Kier molecular flexibility index (Phi) is 4.20. The third-order valence-corrected chi connectivity index (χ3v) is 4.16. The molecular weight excluding hydrogens is 264 g/mol. The lowest BCUT2D eigenvalue weighted by Crippen LogP contribution is -2.35. The van der Waals surface area contributed by atoms with Crippen LogP contribution in [-0.4, -0.2) is 38.6 Å². The lowest BCUT2D eigenvalue weighted by atomic mass is 9.94. The van der Waals surface area contributed by atoms with Gasteiger partial charge in [-0.2, -0.15) is 0 Å². The summed E-state index contributed by atoms with van der Waals surface area (Å²) in [6.07, 6.45) is 3.87. The zero-order valence-electron chi connectivity index (χ0n) is 11.5. The smallest absolute Gasteiger partial charge is 0.313 e. The van der Waals surface area contributed by atoms with Gasteiger partial charge in [0.05, 0.1) is 17.0 Å². The third kappa shape index (κ3) is 3.73. The monoisotopic (exact) mass is 284 g/mol. The van der Waals surface area contributed by atoms with Crippen molar-refractivity contribution >= 4 is 17.7 Å². The molecule has 0 saturated carbocycles. The number of ether oxygens (including phenoxy) is 1. The van der Waals surface area contributed by atoms with Crippen molar-refractivity contribution in [1.29, 1.82) is 0 Å². The number of carboxylic acid groups (broad SMARTS) is 1. The average molecular weight is 284 g/mol. The Morgan fingerprint density at radius 3 is 3.05 bits per heavy atom. The Morgan fingerprint density at radius 1 is 1.68 bits per heavy atom. The van der Waals surface area contributed by atoms with Crippen LogP contribution in [0.1, 0.15) is 38.4 Å². The Hall–Kier alpha value is -1.01. The quantitative estimate of drug-likeness (QED) is 0.861. The van der Waals surface area contributed by atoms with Crippen LogP contribution < -0.4 is 0 Å². The summed E-state index contributed by atoms with van der Waals surface area (Å²) in [4.78, 5) is 15.1. The molecule has 1 fully saturated rings. The van der Waals surface area contributed by atoms with Crippen molar-refractivity contribution in [1.82, 2.24) is 9.55 Å².